The van der Waals surface area contributed by atoms with Crippen molar-refractivity contribution in [1.29, 1.82) is 0 Å². The van der Waals surface area contributed by atoms with E-state index in [-0.39, 0.29) is 18.5 Å². The van der Waals surface area contributed by atoms with Gasteiger partial charge < -0.3 is 4.57 Å². The summed E-state index contributed by atoms with van der Waals surface area (Å²) < 4.78 is 3.97. The highest BCUT2D eigenvalue weighted by atomic mass is 79.9. The third kappa shape index (κ3) is 4.74. The lowest BCUT2D eigenvalue weighted by atomic mass is 9.98. The summed E-state index contributed by atoms with van der Waals surface area (Å²) in [7, 11) is 0. The molecule has 1 unspecified atom stereocenters. The molecule has 0 N–H and O–H groups in total. The Balaban J connectivity index is 1.40. The summed E-state index contributed by atoms with van der Waals surface area (Å²) in [5, 5.41) is 6.51. The van der Waals surface area contributed by atoms with Crippen LogP contribution in [0.1, 0.15) is 23.6 Å². The topological polar surface area (TPSA) is 63.4 Å². The second kappa shape index (κ2) is 10.0. The van der Waals surface area contributed by atoms with Crippen LogP contribution in [-0.2, 0) is 11.3 Å². The second-order valence-corrected chi connectivity index (χ2v) is 10.6. The molecular formula is C29H21Br2N5O. The van der Waals surface area contributed by atoms with E-state index in [2.05, 4.69) is 36.8 Å². The van der Waals surface area contributed by atoms with Gasteiger partial charge in [0.1, 0.15) is 12.4 Å². The van der Waals surface area contributed by atoms with Gasteiger partial charge in [0.05, 0.1) is 22.8 Å². The molecule has 0 radical (unpaired) electrons. The van der Waals surface area contributed by atoms with Crippen molar-refractivity contribution in [3.05, 3.63) is 117 Å². The highest BCUT2D eigenvalue weighted by molar-refractivity contribution is 9.10. The number of carbonyl (C=O) groups excluding carboxylic acids is 1. The summed E-state index contributed by atoms with van der Waals surface area (Å²) in [6, 6.07) is 27.6. The lowest BCUT2D eigenvalue weighted by Gasteiger charge is -2.23. The van der Waals surface area contributed by atoms with Gasteiger partial charge in [-0.25, -0.2) is 9.99 Å². The minimum Gasteiger partial charge on any atom is -0.314 e. The van der Waals surface area contributed by atoms with Crippen molar-refractivity contribution >= 4 is 54.5 Å². The number of rotatable bonds is 5. The highest BCUT2D eigenvalue weighted by Crippen LogP contribution is 2.34. The van der Waals surface area contributed by atoms with E-state index in [4.69, 9.17) is 10.1 Å². The zero-order chi connectivity index (χ0) is 25.4. The Morgan fingerprint density at radius 1 is 0.838 bits per heavy atom. The largest absolute Gasteiger partial charge is 0.314 e. The number of fused-ring (bicyclic) bond motifs is 1. The molecule has 8 heteroatoms. The maximum Gasteiger partial charge on any atom is 0.263 e. The number of pyridine rings is 1. The van der Waals surface area contributed by atoms with Crippen LogP contribution >= 0.6 is 31.9 Å². The average Bonchev–Trinajstić information content (AvgIpc) is 3.53. The summed E-state index contributed by atoms with van der Waals surface area (Å²) >= 11 is 7.02. The Kier molecular flexibility index (Phi) is 6.44. The van der Waals surface area contributed by atoms with Crippen LogP contribution in [0.3, 0.4) is 0 Å². The third-order valence-corrected chi connectivity index (χ3v) is 7.54. The molecule has 0 saturated heterocycles. The van der Waals surface area contributed by atoms with Gasteiger partial charge >= 0.3 is 0 Å². The Morgan fingerprint density at radius 2 is 1.51 bits per heavy atom. The first kappa shape index (κ1) is 23.8. The number of halogens is 2. The average molecular weight is 615 g/mol. The van der Waals surface area contributed by atoms with Crippen LogP contribution in [-0.4, -0.2) is 31.2 Å². The van der Waals surface area contributed by atoms with Crippen LogP contribution in [0.2, 0.25) is 0 Å². The van der Waals surface area contributed by atoms with Crippen molar-refractivity contribution in [2.75, 3.05) is 0 Å². The second-order valence-electron chi connectivity index (χ2n) is 8.81. The first-order valence-electron chi connectivity index (χ1n) is 11.8. The van der Waals surface area contributed by atoms with Gasteiger partial charge in [-0.15, -0.1) is 0 Å². The zero-order valence-electron chi connectivity index (χ0n) is 19.6. The van der Waals surface area contributed by atoms with E-state index in [1.807, 2.05) is 89.5 Å². The van der Waals surface area contributed by atoms with Crippen molar-refractivity contribution in [3.8, 4) is 11.4 Å². The van der Waals surface area contributed by atoms with Gasteiger partial charge in [0, 0.05) is 33.3 Å². The molecule has 1 aliphatic rings. The molecule has 6 rings (SSSR count). The van der Waals surface area contributed by atoms with E-state index < -0.39 is 0 Å². The fourth-order valence-electron chi connectivity index (χ4n) is 4.67. The number of hydrogen-bond acceptors (Lipinski definition) is 4. The number of para-hydroxylation sites is 2. The summed E-state index contributed by atoms with van der Waals surface area (Å²) in [6.45, 7) is 0.113. The van der Waals surface area contributed by atoms with Crippen molar-refractivity contribution in [2.45, 2.75) is 19.0 Å². The van der Waals surface area contributed by atoms with Gasteiger partial charge in [0.15, 0.2) is 0 Å². The van der Waals surface area contributed by atoms with E-state index in [1.54, 1.807) is 17.4 Å². The number of benzene rings is 3. The maximum absolute atomic E-state index is 14.0. The predicted octanol–water partition coefficient (Wildman–Crippen LogP) is 7.00. The van der Waals surface area contributed by atoms with Crippen LogP contribution < -0.4 is 0 Å². The van der Waals surface area contributed by atoms with E-state index in [0.29, 0.717) is 6.42 Å². The minimum atomic E-state index is -0.196. The van der Waals surface area contributed by atoms with Gasteiger partial charge in [-0.3, -0.25) is 9.78 Å². The number of nitrogens with zero attached hydrogens (tertiary/aromatic N) is 5. The van der Waals surface area contributed by atoms with Crippen LogP contribution in [0.25, 0.3) is 22.4 Å². The zero-order valence-corrected chi connectivity index (χ0v) is 22.8. The molecule has 37 heavy (non-hydrogen) atoms. The number of imidazole rings is 1. The molecule has 0 aliphatic carbocycles. The summed E-state index contributed by atoms with van der Waals surface area (Å²) in [5.41, 5.74) is 5.58. The molecule has 2 aromatic heterocycles. The van der Waals surface area contributed by atoms with Gasteiger partial charge in [-0.2, -0.15) is 5.10 Å². The predicted molar refractivity (Wildman–Crippen MR) is 152 cm³/mol. The van der Waals surface area contributed by atoms with E-state index in [9.17, 15) is 4.79 Å². The number of carbonyl (C=O) groups is 1. The van der Waals surface area contributed by atoms with Crippen LogP contribution in [0.15, 0.2) is 111 Å². The van der Waals surface area contributed by atoms with Crippen molar-refractivity contribution in [3.63, 3.8) is 0 Å². The molecular weight excluding hydrogens is 594 g/mol. The van der Waals surface area contributed by atoms with Crippen molar-refractivity contribution < 1.29 is 4.79 Å². The molecule has 1 aliphatic heterocycles. The molecule has 3 aromatic carbocycles. The molecule has 3 heterocycles. The molecule has 0 spiro atoms. The molecule has 1 atom stereocenters. The first-order chi connectivity index (χ1) is 18.1. The van der Waals surface area contributed by atoms with Crippen LogP contribution in [0, 0.1) is 0 Å². The quantitative estimate of drug-likeness (QED) is 0.214. The molecule has 5 aromatic rings. The number of hydrogen-bond donors (Lipinski definition) is 0. The highest BCUT2D eigenvalue weighted by Gasteiger charge is 2.33. The number of hydrazone groups is 1. The fourth-order valence-corrected chi connectivity index (χ4v) is 5.19. The maximum atomic E-state index is 14.0. The Bertz CT molecular complexity index is 1610. The molecule has 0 bridgehead atoms. The Morgan fingerprint density at radius 3 is 2.24 bits per heavy atom. The minimum absolute atomic E-state index is 0.0986. The van der Waals surface area contributed by atoms with Crippen LogP contribution in [0.4, 0.5) is 0 Å². The normalized spacial score (nSPS) is 15.2. The van der Waals surface area contributed by atoms with E-state index in [0.717, 1.165) is 48.2 Å². The number of aromatic nitrogens is 3. The molecule has 182 valence electrons. The molecule has 6 nitrogen and oxygen atoms in total. The standard InChI is InChI=1S/C29H21Br2N5O/c30-22-9-5-19(6-10-22)25-17-27(20-7-11-23(31)12-8-20)36(34-25)28(37)18-35-26-4-2-1-3-24(26)33-29(35)21-13-15-32-16-14-21/h1-16,27H,17-18H2. The van der Waals surface area contributed by atoms with Gasteiger partial charge in [0.25, 0.3) is 5.91 Å². The van der Waals surface area contributed by atoms with Gasteiger partial charge in [-0.1, -0.05) is 68.3 Å². The summed E-state index contributed by atoms with van der Waals surface area (Å²) in [4.78, 5) is 22.9. The van der Waals surface area contributed by atoms with E-state index in [1.165, 1.54) is 0 Å². The Hall–Kier alpha value is -3.62. The lowest BCUT2D eigenvalue weighted by molar-refractivity contribution is -0.133. The Labute approximate surface area is 230 Å². The van der Waals surface area contributed by atoms with Crippen LogP contribution in [0.5, 0.6) is 0 Å². The molecule has 0 saturated carbocycles. The smallest absolute Gasteiger partial charge is 0.263 e. The fraction of sp³-hybridized carbons (Fsp3) is 0.103. The van der Waals surface area contributed by atoms with Gasteiger partial charge in [0.2, 0.25) is 0 Å². The molecule has 0 fully saturated rings. The van der Waals surface area contributed by atoms with E-state index >= 15 is 0 Å². The third-order valence-electron chi connectivity index (χ3n) is 6.48. The number of amides is 1. The monoisotopic (exact) mass is 613 g/mol. The van der Waals surface area contributed by atoms with Crippen molar-refractivity contribution in [1.82, 2.24) is 19.5 Å². The lowest BCUT2D eigenvalue weighted by Crippen LogP contribution is -2.30. The molecule has 1 amide bonds. The summed E-state index contributed by atoms with van der Waals surface area (Å²) in [6.07, 6.45) is 4.11. The summed E-state index contributed by atoms with van der Waals surface area (Å²) in [5.74, 6) is 0.631. The first-order valence-corrected chi connectivity index (χ1v) is 13.4. The van der Waals surface area contributed by atoms with Gasteiger partial charge in [-0.05, 0) is 59.7 Å². The van der Waals surface area contributed by atoms with Crippen molar-refractivity contribution in [2.24, 2.45) is 5.10 Å². The SMILES string of the molecule is O=C(Cn1c(-c2ccncc2)nc2ccccc21)N1N=C(c2ccc(Br)cc2)CC1c1ccc(Br)cc1.